The summed E-state index contributed by atoms with van der Waals surface area (Å²) in [7, 11) is -3.90. The molecule has 1 aliphatic heterocycles. The Morgan fingerprint density at radius 3 is 2.62 bits per heavy atom. The number of nitrogens with zero attached hydrogens (tertiary/aromatic N) is 1. The molecule has 34 heavy (non-hydrogen) atoms. The molecule has 2 heterocycles. The van der Waals surface area contributed by atoms with Crippen molar-refractivity contribution in [3.05, 3.63) is 46.1 Å². The second-order valence-electron chi connectivity index (χ2n) is 10.1. The highest BCUT2D eigenvalue weighted by atomic mass is 79.9. The van der Waals surface area contributed by atoms with Crippen LogP contribution in [0, 0.1) is 5.92 Å². The number of alkyl halides is 1. The third kappa shape index (κ3) is 5.42. The van der Waals surface area contributed by atoms with Gasteiger partial charge in [0.25, 0.3) is 5.91 Å². The van der Waals surface area contributed by atoms with Gasteiger partial charge in [0.05, 0.1) is 0 Å². The number of aromatic nitrogens is 1. The van der Waals surface area contributed by atoms with E-state index in [1.165, 1.54) is 4.31 Å². The molecular weight excluding hydrogens is 518 g/mol. The Morgan fingerprint density at radius 2 is 1.97 bits per heavy atom. The number of fused-ring (bicyclic) bond motifs is 1. The van der Waals surface area contributed by atoms with Gasteiger partial charge in [-0.2, -0.15) is 4.31 Å². The molecule has 0 spiro atoms. The highest BCUT2D eigenvalue weighted by molar-refractivity contribution is 9.09. The number of aromatic amines is 1. The normalized spacial score (nSPS) is 21.3. The van der Waals surface area contributed by atoms with Gasteiger partial charge in [-0.3, -0.25) is 4.79 Å². The number of sulfonamides is 1. The van der Waals surface area contributed by atoms with Crippen molar-refractivity contribution in [2.24, 2.45) is 11.7 Å². The van der Waals surface area contributed by atoms with Gasteiger partial charge >= 0.3 is 0 Å². The molecule has 0 bridgehead atoms. The van der Waals surface area contributed by atoms with Crippen molar-refractivity contribution in [1.29, 1.82) is 0 Å². The standard InChI is InChI=1S/C25H32BrN3O4S/c1-25(2,3)33-19-9-6-16(7-10-19)13-17-5-4-12-29(15-17)34(31,32)23-20-14-18(26)8-11-21(20)28-22(23)24(27)30/h6-7,9-11,14,17-18,28H,4-5,8,12-13,15H2,1-3H3,(H2,27,30). The predicted octanol–water partition coefficient (Wildman–Crippen LogP) is 2.66. The van der Waals surface area contributed by atoms with E-state index in [0.717, 1.165) is 30.6 Å². The summed E-state index contributed by atoms with van der Waals surface area (Å²) in [4.78, 5) is 15.1. The zero-order valence-corrected chi connectivity index (χ0v) is 22.2. The van der Waals surface area contributed by atoms with Crippen molar-refractivity contribution in [1.82, 2.24) is 9.29 Å². The molecule has 4 rings (SSSR count). The van der Waals surface area contributed by atoms with E-state index in [9.17, 15) is 13.2 Å². The minimum absolute atomic E-state index is 0.000248. The van der Waals surface area contributed by atoms with Gasteiger partial charge in [-0.25, -0.2) is 8.42 Å². The molecule has 1 aliphatic carbocycles. The van der Waals surface area contributed by atoms with Crippen LogP contribution in [0.2, 0.25) is 0 Å². The molecule has 2 aromatic rings. The van der Waals surface area contributed by atoms with Crippen LogP contribution in [0.4, 0.5) is 0 Å². The molecule has 2 unspecified atom stereocenters. The summed E-state index contributed by atoms with van der Waals surface area (Å²) in [6, 6.07) is 8.02. The third-order valence-corrected chi connectivity index (χ3v) is 8.70. The summed E-state index contributed by atoms with van der Waals surface area (Å²) in [5.74, 6) is 0.231. The zero-order chi connectivity index (χ0) is 24.7. The lowest BCUT2D eigenvalue weighted by atomic mass is 9.92. The number of benzene rings is 1. The molecular formula is C25H32BrN3O4S. The highest BCUT2D eigenvalue weighted by Crippen LogP contribution is 2.27. The molecule has 1 aromatic carbocycles. The SMILES string of the molecule is CC(C)(C)Oc1ccc(CC2CCCN(S(=O)(=O)c3c(C(N)=O)[nH]c4c3=CC(Br)CC=4)C2)cc1. The molecule has 9 heteroatoms. The van der Waals surface area contributed by atoms with Crippen LogP contribution in [-0.4, -0.2) is 47.1 Å². The Labute approximate surface area is 209 Å². The van der Waals surface area contributed by atoms with E-state index in [1.54, 1.807) is 0 Å². The topological polar surface area (TPSA) is 105 Å². The van der Waals surface area contributed by atoms with E-state index in [-0.39, 0.29) is 26.9 Å². The fourth-order valence-electron chi connectivity index (χ4n) is 4.68. The Morgan fingerprint density at radius 1 is 1.26 bits per heavy atom. The Kier molecular flexibility index (Phi) is 6.99. The highest BCUT2D eigenvalue weighted by Gasteiger charge is 2.35. The maximum absolute atomic E-state index is 13.8. The van der Waals surface area contributed by atoms with E-state index in [4.69, 9.17) is 10.5 Å². The van der Waals surface area contributed by atoms with E-state index in [2.05, 4.69) is 20.9 Å². The quantitative estimate of drug-likeness (QED) is 0.540. The second kappa shape index (κ2) is 9.51. The first-order valence-electron chi connectivity index (χ1n) is 11.6. The lowest BCUT2D eigenvalue weighted by molar-refractivity contribution is 0.0992. The number of primary amides is 1. The summed E-state index contributed by atoms with van der Waals surface area (Å²) in [6.07, 6.45) is 6.93. The van der Waals surface area contributed by atoms with Gasteiger partial charge in [0, 0.05) is 28.5 Å². The summed E-state index contributed by atoms with van der Waals surface area (Å²) in [5, 5.41) is 1.16. The molecule has 7 nitrogen and oxygen atoms in total. The maximum atomic E-state index is 13.8. The Balaban J connectivity index is 1.57. The molecule has 3 N–H and O–H groups in total. The van der Waals surface area contributed by atoms with Crippen LogP contribution in [0.5, 0.6) is 5.75 Å². The van der Waals surface area contributed by atoms with Crippen LogP contribution in [0.3, 0.4) is 0 Å². The number of hydrogen-bond acceptors (Lipinski definition) is 4. The van der Waals surface area contributed by atoms with Crippen LogP contribution < -0.4 is 21.0 Å². The molecule has 184 valence electrons. The van der Waals surface area contributed by atoms with Crippen LogP contribution in [0.15, 0.2) is 29.2 Å². The lowest BCUT2D eigenvalue weighted by Gasteiger charge is -2.32. The molecule has 1 amide bonds. The van der Waals surface area contributed by atoms with Gasteiger partial charge in [0.15, 0.2) is 0 Å². The average Bonchev–Trinajstić information content (AvgIpc) is 3.14. The van der Waals surface area contributed by atoms with E-state index >= 15 is 0 Å². The fraction of sp³-hybridized carbons (Fsp3) is 0.480. The van der Waals surface area contributed by atoms with Crippen molar-refractivity contribution in [2.75, 3.05) is 13.1 Å². The first-order valence-corrected chi connectivity index (χ1v) is 14.0. The van der Waals surface area contributed by atoms with Crippen molar-refractivity contribution in [3.8, 4) is 5.75 Å². The second-order valence-corrected chi connectivity index (χ2v) is 13.1. The summed E-state index contributed by atoms with van der Waals surface area (Å²) in [6.45, 7) is 6.87. The van der Waals surface area contributed by atoms with Crippen molar-refractivity contribution >= 4 is 44.0 Å². The van der Waals surface area contributed by atoms with Crippen molar-refractivity contribution in [3.63, 3.8) is 0 Å². The number of ether oxygens (including phenoxy) is 1. The molecule has 2 atom stereocenters. The maximum Gasteiger partial charge on any atom is 0.266 e. The summed E-state index contributed by atoms with van der Waals surface area (Å²) >= 11 is 3.53. The number of hydrogen-bond donors (Lipinski definition) is 2. The smallest absolute Gasteiger partial charge is 0.266 e. The third-order valence-electron chi connectivity index (χ3n) is 6.11. The van der Waals surface area contributed by atoms with E-state index < -0.39 is 15.9 Å². The first-order chi connectivity index (χ1) is 15.9. The average molecular weight is 551 g/mol. The summed E-state index contributed by atoms with van der Waals surface area (Å²) in [5.41, 5.74) is 6.41. The van der Waals surface area contributed by atoms with Gasteiger partial charge in [-0.15, -0.1) is 0 Å². The number of piperidine rings is 1. The minimum Gasteiger partial charge on any atom is -0.488 e. The van der Waals surface area contributed by atoms with E-state index in [0.29, 0.717) is 30.1 Å². The number of halogens is 1. The van der Waals surface area contributed by atoms with Gasteiger partial charge in [0.1, 0.15) is 21.9 Å². The van der Waals surface area contributed by atoms with Gasteiger partial charge in [0.2, 0.25) is 10.0 Å². The number of carbonyl (C=O) groups is 1. The predicted molar refractivity (Wildman–Crippen MR) is 137 cm³/mol. The molecule has 1 fully saturated rings. The molecule has 0 saturated carbocycles. The molecule has 1 aromatic heterocycles. The van der Waals surface area contributed by atoms with E-state index in [1.807, 2.05) is 57.2 Å². The molecule has 0 radical (unpaired) electrons. The van der Waals surface area contributed by atoms with Gasteiger partial charge < -0.3 is 15.5 Å². The lowest BCUT2D eigenvalue weighted by Crippen LogP contribution is -2.43. The Bertz CT molecular complexity index is 1290. The number of rotatable bonds is 6. The van der Waals surface area contributed by atoms with Crippen LogP contribution in [-0.2, 0) is 16.4 Å². The van der Waals surface area contributed by atoms with Gasteiger partial charge in [-0.05, 0) is 70.1 Å². The summed E-state index contributed by atoms with van der Waals surface area (Å²) < 4.78 is 34.9. The largest absolute Gasteiger partial charge is 0.488 e. The number of amides is 1. The van der Waals surface area contributed by atoms with Gasteiger partial charge in [-0.1, -0.05) is 40.2 Å². The van der Waals surface area contributed by atoms with Crippen molar-refractivity contribution in [2.45, 2.75) is 61.8 Å². The zero-order valence-electron chi connectivity index (χ0n) is 19.8. The van der Waals surface area contributed by atoms with Crippen LogP contribution in [0.1, 0.15) is 56.1 Å². The van der Waals surface area contributed by atoms with Crippen LogP contribution >= 0.6 is 15.9 Å². The number of nitrogens with two attached hydrogens (primary N) is 1. The molecule has 1 saturated heterocycles. The number of carbonyl (C=O) groups excluding carboxylic acids is 1. The first kappa shape index (κ1) is 25.0. The van der Waals surface area contributed by atoms with Crippen molar-refractivity contribution < 1.29 is 17.9 Å². The number of nitrogens with one attached hydrogen (secondary N) is 1. The monoisotopic (exact) mass is 549 g/mol. The molecule has 2 aliphatic rings. The van der Waals surface area contributed by atoms with Crippen LogP contribution in [0.25, 0.3) is 12.2 Å². The Hall–Kier alpha value is -2.10. The number of H-pyrrole nitrogens is 1. The fourth-order valence-corrected chi connectivity index (χ4v) is 7.04. The minimum atomic E-state index is -3.90.